The fraction of sp³-hybridized carbons (Fsp3) is 0.471. The first-order chi connectivity index (χ1) is 59.6. The number of carbonyl (C=O) groups is 7. The van der Waals surface area contributed by atoms with Crippen molar-refractivity contribution in [2.24, 2.45) is 29.4 Å². The molecule has 125 heavy (non-hydrogen) atoms. The van der Waals surface area contributed by atoms with Crippen LogP contribution in [0.25, 0.3) is 22.1 Å². The van der Waals surface area contributed by atoms with Crippen molar-refractivity contribution in [2.75, 3.05) is 49.4 Å². The summed E-state index contributed by atoms with van der Waals surface area (Å²) >= 11 is 0. The van der Waals surface area contributed by atoms with E-state index in [-0.39, 0.29) is 68.7 Å². The number of aromatic nitrogens is 8. The number of ether oxygens (including phenoxy) is 13. The predicted octanol–water partition coefficient (Wildman–Crippen LogP) is 4.79. The van der Waals surface area contributed by atoms with Crippen molar-refractivity contribution in [1.82, 2.24) is 38.5 Å². The highest BCUT2D eigenvalue weighted by Crippen LogP contribution is 2.51. The molecule has 0 bridgehead atoms. The van der Waals surface area contributed by atoms with Gasteiger partial charge in [0.1, 0.15) is 99.0 Å². The maximum absolute atomic E-state index is 12.8. The lowest BCUT2D eigenvalue weighted by molar-refractivity contribution is -0.174. The molecule has 8 aromatic heterocycles. The number of hydrogen-bond acceptors (Lipinski definition) is 36. The van der Waals surface area contributed by atoms with Gasteiger partial charge >= 0.3 is 41.8 Å². The number of aliphatic hydroxyl groups is 3. The minimum Gasteiger partial charge on any atom is -0.463 e. The van der Waals surface area contributed by atoms with Crippen LogP contribution < -0.4 is 28.7 Å². The number of nitriles is 4. The Hall–Kier alpha value is -13.0. The second-order valence-electron chi connectivity index (χ2n) is 31.1. The van der Waals surface area contributed by atoms with Crippen molar-refractivity contribution in [3.63, 3.8) is 0 Å². The molecule has 13 N–H and O–H groups in total. The van der Waals surface area contributed by atoms with Gasteiger partial charge in [-0.3, -0.25) is 33.6 Å². The largest absolute Gasteiger partial charge is 0.463 e. The van der Waals surface area contributed by atoms with E-state index in [2.05, 4.69) is 38.6 Å². The molecule has 0 amide bonds. The van der Waals surface area contributed by atoms with Crippen LogP contribution in [0.2, 0.25) is 0 Å². The second kappa shape index (κ2) is 38.8. The van der Waals surface area contributed by atoms with Crippen molar-refractivity contribution in [2.45, 2.75) is 203 Å². The SMILES string of the molecule is CC(C)C(=O)OC[C@H]1O[C@@](C#N)(c2ccc3c(N)ccnn23)[C@H](OC(=O)C(C)C)[C@@H]1OC(=O)C(C)C.CC(C)[C@H](N)C(=O)OC[C@H]1O[C@@](C#N)(c2ccc3c(N)ccnn23)[C@H](O)[C@@H]1O.CCC(=O)OC[C@H]1O[C@@](C#N)(c2ccc3c(N)ccnn23)[C@H](OC(=O)CC)[C@@H]1OC(=O)CC.N#C[C@@]1(c2ccc3c(N)ccnn23)O[C@H](CO)[C@H]2OC(c3ccccc3)O[C@H]21. The minimum absolute atomic E-state index is 0.0159. The maximum atomic E-state index is 12.8. The van der Waals surface area contributed by atoms with Gasteiger partial charge in [-0.15, -0.1) is 0 Å². The van der Waals surface area contributed by atoms with Gasteiger partial charge in [-0.2, -0.15) is 41.4 Å². The summed E-state index contributed by atoms with van der Waals surface area (Å²) in [6.07, 6.45) is -8.13. The van der Waals surface area contributed by atoms with E-state index in [9.17, 15) is 69.9 Å². The zero-order chi connectivity index (χ0) is 90.9. The molecule has 0 spiro atoms. The third-order valence-corrected chi connectivity index (χ3v) is 21.5. The third-order valence-electron chi connectivity index (χ3n) is 21.5. The molecule has 14 rings (SSSR count). The summed E-state index contributed by atoms with van der Waals surface area (Å²) in [4.78, 5) is 85.9. The molecule has 0 saturated carbocycles. The summed E-state index contributed by atoms with van der Waals surface area (Å²) in [5, 5.41) is 88.7. The summed E-state index contributed by atoms with van der Waals surface area (Å²) in [7, 11) is 0. The van der Waals surface area contributed by atoms with Gasteiger partial charge in [0, 0.05) is 49.6 Å². The van der Waals surface area contributed by atoms with Gasteiger partial charge < -0.3 is 106 Å². The molecule has 0 radical (unpaired) electrons. The molecule has 0 aliphatic carbocycles. The Bertz CT molecular complexity index is 5610. The predicted molar refractivity (Wildman–Crippen MR) is 436 cm³/mol. The summed E-state index contributed by atoms with van der Waals surface area (Å²) < 4.78 is 80.4. The lowest BCUT2D eigenvalue weighted by atomic mass is 9.91. The van der Waals surface area contributed by atoms with E-state index in [4.69, 9.17) is 90.2 Å². The van der Waals surface area contributed by atoms with Crippen molar-refractivity contribution < 1.29 is 110 Å². The standard InChI is InChI=1S/C25H32N4O7.C22H26N4O7.C20H18N4O4.C18H23N5O5/c1-13(2)22(30)33-11-18-20(34-23(31)14(3)4)21(35-24(32)15(5)6)25(12-26,36-18)19-8-7-17-16(27)9-10-28-29(17)19;1-4-17(27)30-11-15-20(31-18(28)5-2)21(32-19(29)6-3)22(12-23,33-15)16-8-7-14-13(24)9-10-25-26(14)16;21-11-20(16-7-6-14-13(22)8-9-23-24(14)16)18-17(15(10-25)28-20)26-19(27-18)12-4-2-1-3-5-12;1-9(2)14(21)17(26)27-7-12-15(24)16(25)18(8-19,28-12)13-4-3-11-10(20)5-6-22-23(11)13/h7-10,13-15,18,20-21H,11,27H2,1-6H3;7-10,15,20-21H,4-6,11,24H2,1-3H3;1-9,15,17-19,25H,10,22H2;3-6,9,12,14-16,24-25H,7,20-21H2,1-2H3/t18-,20-,21-,25+;15-,20-,21-,22+;15-,17-,18-,19?,20+;12-,14+,15-,16-,18+/m1111/s1. The van der Waals surface area contributed by atoms with E-state index in [1.165, 1.54) is 32.1 Å². The Kier molecular flexibility index (Phi) is 28.8. The molecule has 662 valence electrons. The first-order valence-corrected chi connectivity index (χ1v) is 40.3. The number of nitrogen functional groups attached to an aromatic ring is 4. The van der Waals surface area contributed by atoms with Gasteiger partial charge in [-0.1, -0.05) is 106 Å². The zero-order valence-electron chi connectivity index (χ0n) is 70.2. The molecule has 13 heterocycles. The normalized spacial score (nSPS) is 26.7. The highest BCUT2D eigenvalue weighted by molar-refractivity contribution is 5.78. The quantitative estimate of drug-likeness (QED) is 0.0298. The topological polar surface area (TPSA) is 595 Å². The monoisotopic (exact) mass is 1730 g/mol. The molecule has 40 heteroatoms. The van der Waals surface area contributed by atoms with Gasteiger partial charge in [0.25, 0.3) is 0 Å². The van der Waals surface area contributed by atoms with E-state index in [0.29, 0.717) is 50.5 Å². The summed E-state index contributed by atoms with van der Waals surface area (Å²) in [5.74, 6) is -5.70. The van der Waals surface area contributed by atoms with Crippen LogP contribution in [0.4, 0.5) is 22.7 Å². The van der Waals surface area contributed by atoms with E-state index in [0.717, 1.165) is 5.56 Å². The smallest absolute Gasteiger partial charge is 0.323 e. The molecule has 5 saturated heterocycles. The van der Waals surface area contributed by atoms with E-state index < -0.39 is 168 Å². The van der Waals surface area contributed by atoms with E-state index in [1.54, 1.807) is 160 Å². The highest BCUT2D eigenvalue weighted by Gasteiger charge is 2.67. The Morgan fingerprint density at radius 2 is 0.824 bits per heavy atom. The number of anilines is 4. The van der Waals surface area contributed by atoms with Gasteiger partial charge in [-0.05, 0) is 78.7 Å². The van der Waals surface area contributed by atoms with Crippen LogP contribution in [-0.4, -0.2) is 201 Å². The molecule has 18 atom stereocenters. The van der Waals surface area contributed by atoms with Gasteiger partial charge in [0.15, 0.2) is 30.7 Å². The molecular weight excluding hydrogens is 1630 g/mol. The number of esters is 7. The van der Waals surface area contributed by atoms with Gasteiger partial charge in [0.05, 0.1) is 92.0 Å². The minimum atomic E-state index is -1.95. The van der Waals surface area contributed by atoms with Crippen LogP contribution in [-0.2, 0) is 118 Å². The number of benzene rings is 1. The lowest BCUT2D eigenvalue weighted by Crippen LogP contribution is -2.47. The van der Waals surface area contributed by atoms with Crippen LogP contribution in [0.1, 0.15) is 130 Å². The average Bonchev–Trinajstić information content (AvgIpc) is 1.57. The van der Waals surface area contributed by atoms with Crippen molar-refractivity contribution >= 4 is 86.6 Å². The van der Waals surface area contributed by atoms with E-state index >= 15 is 0 Å². The molecule has 9 aromatic rings. The van der Waals surface area contributed by atoms with Crippen LogP contribution in [0.3, 0.4) is 0 Å². The molecule has 1 aromatic carbocycles. The number of nitrogens with two attached hydrogens (primary N) is 5. The Labute approximate surface area is 716 Å². The number of carbonyl (C=O) groups excluding carboxylic acids is 7. The molecular formula is C85H99N17O23. The van der Waals surface area contributed by atoms with Crippen LogP contribution in [0.5, 0.6) is 0 Å². The average molecular weight is 1730 g/mol. The zero-order valence-corrected chi connectivity index (χ0v) is 70.2. The fourth-order valence-corrected chi connectivity index (χ4v) is 14.6. The lowest BCUT2D eigenvalue weighted by Gasteiger charge is -2.29. The van der Waals surface area contributed by atoms with Crippen molar-refractivity contribution in [3.8, 4) is 24.3 Å². The molecule has 5 aliphatic rings. The fourth-order valence-electron chi connectivity index (χ4n) is 14.6. The first kappa shape index (κ1) is 92.7. The number of hydrogen-bond donors (Lipinski definition) is 8. The van der Waals surface area contributed by atoms with E-state index in [1.807, 2.05) is 36.4 Å². The Balaban J connectivity index is 0.000000163. The third kappa shape index (κ3) is 18.1. The molecule has 1 unspecified atom stereocenters. The summed E-state index contributed by atoms with van der Waals surface area (Å²) in [5.41, 5.74) is 28.5. The summed E-state index contributed by atoms with van der Waals surface area (Å²) in [6.45, 7) is 17.0. The second-order valence-corrected chi connectivity index (χ2v) is 31.1. The molecule has 5 fully saturated rings. The highest BCUT2D eigenvalue weighted by atomic mass is 16.8. The van der Waals surface area contributed by atoms with Crippen molar-refractivity contribution in [3.05, 3.63) is 156 Å². The van der Waals surface area contributed by atoms with Gasteiger partial charge in [0.2, 0.25) is 22.4 Å². The summed E-state index contributed by atoms with van der Waals surface area (Å²) in [6, 6.07) is 36.7. The number of nitrogens with zero attached hydrogens (tertiary/aromatic N) is 12. The van der Waals surface area contributed by atoms with Crippen LogP contribution in [0.15, 0.2) is 128 Å². The van der Waals surface area contributed by atoms with Crippen LogP contribution >= 0.6 is 0 Å². The number of aliphatic hydroxyl groups excluding tert-OH is 3. The molecule has 5 aliphatic heterocycles. The maximum Gasteiger partial charge on any atom is 0.323 e. The van der Waals surface area contributed by atoms with Crippen LogP contribution in [0, 0.1) is 69.0 Å². The first-order valence-electron chi connectivity index (χ1n) is 40.3. The Morgan fingerprint density at radius 1 is 0.448 bits per heavy atom. The van der Waals surface area contributed by atoms with Gasteiger partial charge in [-0.25, -0.2) is 18.1 Å². The number of fused-ring (bicyclic) bond motifs is 5. The number of rotatable bonds is 24. The molecule has 40 nitrogen and oxygen atoms in total. The van der Waals surface area contributed by atoms with Crippen molar-refractivity contribution in [1.29, 1.82) is 21.0 Å². The Morgan fingerprint density at radius 3 is 1.25 bits per heavy atom.